The standard InChI is InChI=1S/C24H30N8O3/c1-14-20(35-17-6-4-5-16(11-17)23(33)34)10-9-18(27-14)21-19(32(3)30-29-21)12-31(2)24-26-13-25-22(28-24)15-7-8-15/h9-10,13,15-17H,4-8,11-12H2,1-3H3,(H,33,34)/t16-,17-/m0/s1. The Hall–Kier alpha value is -3.63. The van der Waals surface area contributed by atoms with Gasteiger partial charge in [-0.2, -0.15) is 4.98 Å². The van der Waals surface area contributed by atoms with Crippen molar-refractivity contribution in [3.63, 3.8) is 0 Å². The fraction of sp³-hybridized carbons (Fsp3) is 0.542. The number of aromatic nitrogens is 7. The van der Waals surface area contributed by atoms with E-state index in [1.807, 2.05) is 38.1 Å². The zero-order valence-electron chi connectivity index (χ0n) is 20.3. The molecule has 11 heteroatoms. The Morgan fingerprint density at radius 2 is 2.03 bits per heavy atom. The largest absolute Gasteiger partial charge is 0.489 e. The second kappa shape index (κ2) is 9.55. The van der Waals surface area contributed by atoms with Gasteiger partial charge in [-0.25, -0.2) is 19.6 Å². The molecule has 0 unspecified atom stereocenters. The van der Waals surface area contributed by atoms with E-state index in [0.29, 0.717) is 48.4 Å². The number of hydrogen-bond donors (Lipinski definition) is 1. The van der Waals surface area contributed by atoms with E-state index in [2.05, 4.69) is 25.3 Å². The number of ether oxygens (including phenoxy) is 1. The van der Waals surface area contributed by atoms with Gasteiger partial charge in [0, 0.05) is 20.0 Å². The van der Waals surface area contributed by atoms with Crippen LogP contribution in [-0.2, 0) is 18.4 Å². The summed E-state index contributed by atoms with van der Waals surface area (Å²) in [6.45, 7) is 2.40. The summed E-state index contributed by atoms with van der Waals surface area (Å²) in [6, 6.07) is 3.76. The van der Waals surface area contributed by atoms with E-state index in [9.17, 15) is 9.90 Å². The summed E-state index contributed by atoms with van der Waals surface area (Å²) >= 11 is 0. The lowest BCUT2D eigenvalue weighted by molar-refractivity contribution is -0.143. The average Bonchev–Trinajstić information content (AvgIpc) is 3.65. The molecule has 11 nitrogen and oxygen atoms in total. The van der Waals surface area contributed by atoms with Crippen molar-refractivity contribution >= 4 is 11.9 Å². The normalized spacial score (nSPS) is 20.0. The zero-order valence-corrected chi connectivity index (χ0v) is 20.3. The first-order chi connectivity index (χ1) is 16.9. The van der Waals surface area contributed by atoms with E-state index < -0.39 is 5.97 Å². The first-order valence-electron chi connectivity index (χ1n) is 12.0. The van der Waals surface area contributed by atoms with Gasteiger partial charge in [0.15, 0.2) is 0 Å². The summed E-state index contributed by atoms with van der Waals surface area (Å²) in [5.74, 6) is 1.51. The fourth-order valence-corrected chi connectivity index (χ4v) is 4.53. The van der Waals surface area contributed by atoms with E-state index >= 15 is 0 Å². The number of anilines is 1. The van der Waals surface area contributed by atoms with E-state index in [1.165, 1.54) is 0 Å². The third-order valence-corrected chi connectivity index (χ3v) is 6.74. The van der Waals surface area contributed by atoms with E-state index in [4.69, 9.17) is 9.72 Å². The Balaban J connectivity index is 1.32. The SMILES string of the molecule is Cc1nc(-c2nnn(C)c2CN(C)c2ncnc(C3CC3)n2)ccc1O[C@H]1CCC[C@H](C(=O)O)C1. The lowest BCUT2D eigenvalue weighted by atomic mass is 9.87. The molecule has 0 saturated heterocycles. The maximum atomic E-state index is 11.4. The van der Waals surface area contributed by atoms with Crippen LogP contribution >= 0.6 is 0 Å². The second-order valence-corrected chi connectivity index (χ2v) is 9.50. The third kappa shape index (κ3) is 5.08. The van der Waals surface area contributed by atoms with E-state index in [-0.39, 0.29) is 12.0 Å². The van der Waals surface area contributed by atoms with Crippen molar-refractivity contribution in [1.29, 1.82) is 0 Å². The minimum atomic E-state index is -0.746. The number of aliphatic carboxylic acids is 1. The molecule has 0 aliphatic heterocycles. The summed E-state index contributed by atoms with van der Waals surface area (Å²) in [5.41, 5.74) is 3.01. The monoisotopic (exact) mass is 478 g/mol. The maximum Gasteiger partial charge on any atom is 0.306 e. The molecular formula is C24H30N8O3. The van der Waals surface area contributed by atoms with Gasteiger partial charge in [0.2, 0.25) is 5.95 Å². The molecule has 3 aromatic heterocycles. The summed E-state index contributed by atoms with van der Waals surface area (Å²) < 4.78 is 7.89. The van der Waals surface area contributed by atoms with Gasteiger partial charge in [0.1, 0.15) is 23.6 Å². The molecule has 5 rings (SSSR count). The molecule has 35 heavy (non-hydrogen) atoms. The molecule has 2 atom stereocenters. The summed E-state index contributed by atoms with van der Waals surface area (Å²) in [6.07, 6.45) is 6.67. The first-order valence-corrected chi connectivity index (χ1v) is 12.0. The van der Waals surface area contributed by atoms with E-state index in [1.54, 1.807) is 11.0 Å². The Kier molecular flexibility index (Phi) is 6.31. The third-order valence-electron chi connectivity index (χ3n) is 6.74. The number of carboxylic acid groups (broad SMARTS) is 1. The van der Waals surface area contributed by atoms with Gasteiger partial charge in [-0.1, -0.05) is 5.21 Å². The van der Waals surface area contributed by atoms with Gasteiger partial charge in [-0.05, 0) is 57.6 Å². The molecule has 2 fully saturated rings. The smallest absolute Gasteiger partial charge is 0.306 e. The predicted octanol–water partition coefficient (Wildman–Crippen LogP) is 2.91. The molecule has 2 aliphatic rings. The predicted molar refractivity (Wildman–Crippen MR) is 127 cm³/mol. The van der Waals surface area contributed by atoms with Gasteiger partial charge < -0.3 is 14.7 Å². The molecule has 184 valence electrons. The number of pyridine rings is 1. The van der Waals surface area contributed by atoms with Crippen molar-refractivity contribution in [3.05, 3.63) is 35.7 Å². The van der Waals surface area contributed by atoms with Gasteiger partial charge in [0.25, 0.3) is 0 Å². The molecule has 0 spiro atoms. The number of carboxylic acids is 1. The highest BCUT2D eigenvalue weighted by atomic mass is 16.5. The van der Waals surface area contributed by atoms with Crippen LogP contribution in [0.25, 0.3) is 11.4 Å². The Morgan fingerprint density at radius 3 is 2.77 bits per heavy atom. The van der Waals surface area contributed by atoms with Gasteiger partial charge in [0.05, 0.1) is 35.6 Å². The number of nitrogens with zero attached hydrogens (tertiary/aromatic N) is 8. The molecule has 0 aromatic carbocycles. The highest BCUT2D eigenvalue weighted by Crippen LogP contribution is 2.38. The van der Waals surface area contributed by atoms with Crippen LogP contribution in [0.15, 0.2) is 18.5 Å². The molecular weight excluding hydrogens is 448 g/mol. The van der Waals surface area contributed by atoms with Crippen LogP contribution in [0.2, 0.25) is 0 Å². The molecule has 0 radical (unpaired) electrons. The maximum absolute atomic E-state index is 11.4. The lowest BCUT2D eigenvalue weighted by Crippen LogP contribution is -2.29. The highest BCUT2D eigenvalue weighted by molar-refractivity contribution is 5.70. The average molecular weight is 479 g/mol. The summed E-state index contributed by atoms with van der Waals surface area (Å²) in [7, 11) is 3.79. The molecule has 0 bridgehead atoms. The van der Waals surface area contributed by atoms with Crippen LogP contribution in [-0.4, -0.2) is 59.2 Å². The summed E-state index contributed by atoms with van der Waals surface area (Å²) in [5, 5.41) is 17.9. The van der Waals surface area contributed by atoms with Crippen LogP contribution in [0.4, 0.5) is 5.95 Å². The van der Waals surface area contributed by atoms with Crippen molar-refractivity contribution in [2.24, 2.45) is 13.0 Å². The molecule has 2 aliphatic carbocycles. The lowest BCUT2D eigenvalue weighted by Gasteiger charge is -2.27. The van der Waals surface area contributed by atoms with Crippen molar-refractivity contribution in [2.75, 3.05) is 11.9 Å². The van der Waals surface area contributed by atoms with Gasteiger partial charge in [-0.3, -0.25) is 4.79 Å². The van der Waals surface area contributed by atoms with Crippen molar-refractivity contribution < 1.29 is 14.6 Å². The minimum absolute atomic E-state index is 0.113. The van der Waals surface area contributed by atoms with Crippen LogP contribution in [0.3, 0.4) is 0 Å². The number of carbonyl (C=O) groups is 1. The first kappa shape index (κ1) is 23.1. The molecule has 0 amide bonds. The number of hydrogen-bond acceptors (Lipinski definition) is 9. The minimum Gasteiger partial charge on any atom is -0.489 e. The Bertz CT molecular complexity index is 1230. The number of rotatable bonds is 8. The van der Waals surface area contributed by atoms with Crippen molar-refractivity contribution in [3.8, 4) is 17.1 Å². The molecule has 3 heterocycles. The van der Waals surface area contributed by atoms with Crippen LogP contribution < -0.4 is 9.64 Å². The second-order valence-electron chi connectivity index (χ2n) is 9.50. The zero-order chi connectivity index (χ0) is 24.5. The quantitative estimate of drug-likeness (QED) is 0.515. The highest BCUT2D eigenvalue weighted by Gasteiger charge is 2.29. The molecule has 3 aromatic rings. The number of aryl methyl sites for hydroxylation is 2. The van der Waals surface area contributed by atoms with Crippen LogP contribution in [0, 0.1) is 12.8 Å². The van der Waals surface area contributed by atoms with Crippen molar-refractivity contribution in [1.82, 2.24) is 34.9 Å². The Labute approximate surface area is 203 Å². The van der Waals surface area contributed by atoms with Gasteiger partial charge in [-0.15, -0.1) is 5.10 Å². The molecule has 2 saturated carbocycles. The van der Waals surface area contributed by atoms with Crippen LogP contribution in [0.1, 0.15) is 61.7 Å². The topological polar surface area (TPSA) is 132 Å². The van der Waals surface area contributed by atoms with E-state index in [0.717, 1.165) is 42.9 Å². The van der Waals surface area contributed by atoms with Crippen LogP contribution in [0.5, 0.6) is 5.75 Å². The summed E-state index contributed by atoms with van der Waals surface area (Å²) in [4.78, 5) is 31.4. The van der Waals surface area contributed by atoms with Gasteiger partial charge >= 0.3 is 5.97 Å². The van der Waals surface area contributed by atoms with Crippen molar-refractivity contribution in [2.45, 2.75) is 64.0 Å². The molecule has 1 N–H and O–H groups in total. The Morgan fingerprint density at radius 1 is 1.20 bits per heavy atom. The fourth-order valence-electron chi connectivity index (χ4n) is 4.53.